The van der Waals surface area contributed by atoms with Crippen molar-refractivity contribution in [3.05, 3.63) is 65.9 Å². The second kappa shape index (κ2) is 16.9. The number of carbonyl (C=O) groups is 4. The number of fused-ring (bicyclic) bond motifs is 6. The third-order valence-electron chi connectivity index (χ3n) is 12.8. The maximum absolute atomic E-state index is 14.0. The molecule has 4 amide bonds. The van der Waals surface area contributed by atoms with E-state index in [0.717, 1.165) is 60.4 Å². The molecule has 0 radical (unpaired) electrons. The summed E-state index contributed by atoms with van der Waals surface area (Å²) in [6, 6.07) is 11.8. The fourth-order valence-electron chi connectivity index (χ4n) is 9.37. The molecule has 3 aliphatic rings. The van der Waals surface area contributed by atoms with Gasteiger partial charge in [0.25, 0.3) is 0 Å². The summed E-state index contributed by atoms with van der Waals surface area (Å²) in [5, 5.41) is 14.3. The molecule has 62 heavy (non-hydrogen) atoms. The smallest absolute Gasteiger partial charge is 0.407 e. The maximum Gasteiger partial charge on any atom is 0.407 e. The van der Waals surface area contributed by atoms with E-state index in [4.69, 9.17) is 28.9 Å². The number of rotatable bonds is 11. The number of likely N-dealkylation sites (N-methyl/N-ethyl adjacent to an activating group) is 1. The number of alkyl carbamates (subject to hydrolysis) is 1. The monoisotopic (exact) mass is 850 g/mol. The first-order valence-electron chi connectivity index (χ1n) is 21.0. The molecule has 5 aromatic rings. The summed E-state index contributed by atoms with van der Waals surface area (Å²) in [6.45, 7) is 8.93. The van der Waals surface area contributed by atoms with Crippen LogP contribution in [0.15, 0.2) is 48.7 Å². The van der Waals surface area contributed by atoms with Gasteiger partial charge < -0.3 is 49.1 Å². The summed E-state index contributed by atoms with van der Waals surface area (Å²) < 4.78 is 22.1. The Hall–Kier alpha value is -6.20. The van der Waals surface area contributed by atoms with Gasteiger partial charge in [0.15, 0.2) is 0 Å². The molecule has 0 aliphatic carbocycles. The average Bonchev–Trinajstić information content (AvgIpc) is 4.09. The molecule has 3 aliphatic heterocycles. The molecule has 3 aromatic carbocycles. The van der Waals surface area contributed by atoms with Crippen LogP contribution in [0.4, 0.5) is 9.59 Å². The number of hydrogen-bond acceptors (Lipinski definition) is 10. The second-order valence-corrected chi connectivity index (χ2v) is 17.0. The van der Waals surface area contributed by atoms with Crippen LogP contribution in [0, 0.1) is 11.8 Å². The van der Waals surface area contributed by atoms with E-state index in [1.165, 1.54) is 28.4 Å². The summed E-state index contributed by atoms with van der Waals surface area (Å²) >= 11 is 0. The Morgan fingerprint density at radius 3 is 2.26 bits per heavy atom. The highest BCUT2D eigenvalue weighted by molar-refractivity contribution is 6.07. The van der Waals surface area contributed by atoms with E-state index in [2.05, 4.69) is 53.4 Å². The zero-order valence-electron chi connectivity index (χ0n) is 36.2. The highest BCUT2D eigenvalue weighted by Crippen LogP contribution is 2.44. The van der Waals surface area contributed by atoms with E-state index in [9.17, 15) is 24.3 Å². The fourth-order valence-corrected chi connectivity index (χ4v) is 9.37. The van der Waals surface area contributed by atoms with Crippen molar-refractivity contribution >= 4 is 45.8 Å². The third-order valence-corrected chi connectivity index (χ3v) is 12.8. The predicted octanol–water partition coefficient (Wildman–Crippen LogP) is 6.26. The molecule has 328 valence electrons. The number of H-pyrrole nitrogens is 2. The molecule has 2 saturated heterocycles. The normalized spacial score (nSPS) is 21.5. The summed E-state index contributed by atoms with van der Waals surface area (Å²) in [4.78, 5) is 73.3. The lowest BCUT2D eigenvalue weighted by atomic mass is 9.92. The van der Waals surface area contributed by atoms with Gasteiger partial charge in [0.2, 0.25) is 11.8 Å². The van der Waals surface area contributed by atoms with Gasteiger partial charge in [0.1, 0.15) is 36.1 Å². The van der Waals surface area contributed by atoms with Crippen LogP contribution >= 0.6 is 0 Å². The molecule has 1 unspecified atom stereocenters. The number of imidazole rings is 2. The Balaban J connectivity index is 1.05. The number of carbonyl (C=O) groups excluding carboxylic acids is 3. The summed E-state index contributed by atoms with van der Waals surface area (Å²) in [5.41, 5.74) is 6.35. The van der Waals surface area contributed by atoms with Crippen molar-refractivity contribution < 1.29 is 43.2 Å². The lowest BCUT2D eigenvalue weighted by molar-refractivity contribution is -0.141. The number of benzene rings is 3. The van der Waals surface area contributed by atoms with Gasteiger partial charge in [-0.3, -0.25) is 14.5 Å². The third kappa shape index (κ3) is 7.67. The number of ether oxygens (including phenoxy) is 4. The lowest BCUT2D eigenvalue weighted by Gasteiger charge is -2.34. The van der Waals surface area contributed by atoms with Crippen molar-refractivity contribution in [3.8, 4) is 28.1 Å². The molecule has 8 rings (SSSR count). The number of carboxylic acid groups (broad SMARTS) is 1. The van der Waals surface area contributed by atoms with Crippen molar-refractivity contribution in [1.82, 2.24) is 40.0 Å². The Morgan fingerprint density at radius 2 is 1.58 bits per heavy atom. The van der Waals surface area contributed by atoms with Gasteiger partial charge in [-0.2, -0.15) is 0 Å². The molecule has 17 heteroatoms. The van der Waals surface area contributed by atoms with Gasteiger partial charge in [0.05, 0.1) is 54.3 Å². The molecule has 0 spiro atoms. The minimum atomic E-state index is -1.20. The van der Waals surface area contributed by atoms with Crippen LogP contribution in [-0.2, 0) is 30.4 Å². The first-order chi connectivity index (χ1) is 29.7. The Kier molecular flexibility index (Phi) is 11.6. The Labute approximate surface area is 359 Å². The van der Waals surface area contributed by atoms with Crippen molar-refractivity contribution in [2.24, 2.45) is 11.8 Å². The van der Waals surface area contributed by atoms with Crippen LogP contribution in [0.5, 0.6) is 5.75 Å². The second-order valence-electron chi connectivity index (χ2n) is 17.0. The van der Waals surface area contributed by atoms with E-state index >= 15 is 0 Å². The number of hydrogen-bond donors (Lipinski definition) is 4. The minimum Gasteiger partial charge on any atom is -0.488 e. The van der Waals surface area contributed by atoms with Gasteiger partial charge in [0, 0.05) is 45.3 Å². The number of amides is 4. The van der Waals surface area contributed by atoms with E-state index in [-0.39, 0.29) is 35.7 Å². The number of aromatic amines is 2. The summed E-state index contributed by atoms with van der Waals surface area (Å²) in [7, 11) is 5.62. The van der Waals surface area contributed by atoms with E-state index in [0.29, 0.717) is 44.2 Å². The van der Waals surface area contributed by atoms with Crippen molar-refractivity contribution in [2.75, 3.05) is 41.5 Å². The van der Waals surface area contributed by atoms with Crippen LogP contribution in [0.3, 0.4) is 0 Å². The standard InChI is InChI=1S/C45H54N8O9/c1-22-13-34(52(19-22)42(54)37(24(3)59-6)50-44(56)61-8)40-46-18-33(48-40)27-9-11-29-28(15-27)21-62-36-17-30-26(16-31(29)36)10-12-32-38(30)49-41(47-32)35-14-23(2)20-53(35)43(55)39(25(4)60-7)51(5)45(57)58/h9-12,15-18,22-25,34-35,37,39H,13-14,19-21H2,1-8H3,(H,46,48)(H,47,49)(H,50,56)(H,57,58)/t22-,23-,24?,25+,34-,35-,37-,39-/m0/s1. The van der Waals surface area contributed by atoms with Crippen LogP contribution in [0.2, 0.25) is 0 Å². The van der Waals surface area contributed by atoms with Crippen LogP contribution in [0.1, 0.15) is 69.8 Å². The SMILES string of the molecule is COC(=O)N[C@H](C(=O)N1C[C@@H](C)C[C@H]1c1ncc(-c2ccc3c(c2)COc2cc4c(ccc5nc([C@@H]6C[C@H](C)CN6C(=O)[C@H]([C@@H](C)OC)N(C)C(=O)O)[nH]c54)cc2-3)[nH]1)C(C)OC. The van der Waals surface area contributed by atoms with Crippen molar-refractivity contribution in [2.45, 2.75) is 83.5 Å². The van der Waals surface area contributed by atoms with Gasteiger partial charge in [-0.1, -0.05) is 32.0 Å². The highest BCUT2D eigenvalue weighted by atomic mass is 16.5. The Bertz CT molecular complexity index is 2540. The van der Waals surface area contributed by atoms with Gasteiger partial charge in [-0.05, 0) is 84.9 Å². The van der Waals surface area contributed by atoms with Crippen LogP contribution in [0.25, 0.3) is 44.2 Å². The molecule has 4 N–H and O–H groups in total. The molecule has 5 heterocycles. The number of likely N-dealkylation sites (tertiary alicyclic amines) is 2. The van der Waals surface area contributed by atoms with E-state index in [1.807, 2.05) is 18.2 Å². The van der Waals surface area contributed by atoms with Crippen molar-refractivity contribution in [3.63, 3.8) is 0 Å². The number of nitrogens with zero attached hydrogens (tertiary/aromatic N) is 5. The predicted molar refractivity (Wildman–Crippen MR) is 229 cm³/mol. The first-order valence-corrected chi connectivity index (χ1v) is 21.0. The Morgan fingerprint density at radius 1 is 0.887 bits per heavy atom. The molecule has 2 fully saturated rings. The molecule has 0 saturated carbocycles. The van der Waals surface area contributed by atoms with E-state index in [1.54, 1.807) is 29.8 Å². The topological polar surface area (TPSA) is 205 Å². The zero-order valence-corrected chi connectivity index (χ0v) is 36.2. The van der Waals surface area contributed by atoms with Gasteiger partial charge in [-0.15, -0.1) is 0 Å². The molecular formula is C45H54N8O9. The molecule has 2 aromatic heterocycles. The number of nitrogens with one attached hydrogen (secondary N) is 3. The first kappa shape index (κ1) is 42.5. The number of aromatic nitrogens is 4. The van der Waals surface area contributed by atoms with Crippen LogP contribution < -0.4 is 10.1 Å². The molecule has 0 bridgehead atoms. The maximum atomic E-state index is 14.0. The molecular weight excluding hydrogens is 797 g/mol. The zero-order chi connectivity index (χ0) is 44.1. The van der Waals surface area contributed by atoms with E-state index < -0.39 is 36.5 Å². The summed E-state index contributed by atoms with van der Waals surface area (Å²) in [6.07, 6.45) is 0.0237. The quantitative estimate of drug-likeness (QED) is 0.117. The van der Waals surface area contributed by atoms with Gasteiger partial charge >= 0.3 is 12.2 Å². The minimum absolute atomic E-state index is 0.178. The van der Waals surface area contributed by atoms with Gasteiger partial charge in [-0.25, -0.2) is 19.6 Å². The van der Waals surface area contributed by atoms with Crippen molar-refractivity contribution in [1.29, 1.82) is 0 Å². The largest absolute Gasteiger partial charge is 0.488 e. The van der Waals surface area contributed by atoms with Crippen LogP contribution in [-0.4, -0.2) is 130 Å². The molecule has 8 atom stereocenters. The summed E-state index contributed by atoms with van der Waals surface area (Å²) in [5.74, 6) is 1.86. The molecule has 17 nitrogen and oxygen atoms in total. The fraction of sp³-hybridized carbons (Fsp3) is 0.467. The average molecular weight is 851 g/mol. The lowest BCUT2D eigenvalue weighted by Crippen LogP contribution is -2.54. The highest BCUT2D eigenvalue weighted by Gasteiger charge is 2.44. The number of methoxy groups -OCH3 is 3.